The van der Waals surface area contributed by atoms with Crippen molar-refractivity contribution >= 4 is 28.5 Å². The largest absolute Gasteiger partial charge is 0.464 e. The Bertz CT molecular complexity index is 1310. The second-order valence-electron chi connectivity index (χ2n) is 9.23. The van der Waals surface area contributed by atoms with Crippen molar-refractivity contribution in [3.05, 3.63) is 63.7 Å². The van der Waals surface area contributed by atoms with Crippen molar-refractivity contribution in [2.24, 2.45) is 5.92 Å². The number of piperidine rings is 1. The molecule has 1 amide bonds. The normalized spacial score (nSPS) is 20.8. The summed E-state index contributed by atoms with van der Waals surface area (Å²) in [4.78, 5) is 43.3. The van der Waals surface area contributed by atoms with E-state index in [0.717, 1.165) is 35.1 Å². The molecular weight excluding hydrogens is 420 g/mol. The third-order valence-electron chi connectivity index (χ3n) is 7.03. The number of nitrogens with one attached hydrogen (secondary N) is 2. The lowest BCUT2D eigenvalue weighted by Crippen LogP contribution is -2.52. The minimum atomic E-state index is -0.527. The van der Waals surface area contributed by atoms with E-state index < -0.39 is 12.0 Å². The molecule has 4 heterocycles. The number of likely N-dealkylation sites (tertiary alicyclic amines) is 1. The molecule has 2 N–H and O–H groups in total. The molecule has 172 valence electrons. The van der Waals surface area contributed by atoms with Crippen LogP contribution in [0.1, 0.15) is 41.0 Å². The maximum Gasteiger partial charge on any atom is 0.356 e. The van der Waals surface area contributed by atoms with Crippen LogP contribution in [0.5, 0.6) is 0 Å². The molecule has 2 bridgehead atoms. The van der Waals surface area contributed by atoms with Crippen molar-refractivity contribution in [3.8, 4) is 0 Å². The molecule has 2 aromatic heterocycles. The molecule has 2 aliphatic rings. The third kappa shape index (κ3) is 3.74. The summed E-state index contributed by atoms with van der Waals surface area (Å²) in [6, 6.07) is 10.8. The van der Waals surface area contributed by atoms with Gasteiger partial charge in [-0.2, -0.15) is 0 Å². The number of hydrogen-bond acceptors (Lipinski definition) is 5. The number of aryl methyl sites for hydroxylation is 1. The van der Waals surface area contributed by atoms with Gasteiger partial charge in [0.2, 0.25) is 5.91 Å². The maximum atomic E-state index is 13.3. The van der Waals surface area contributed by atoms with Gasteiger partial charge < -0.3 is 19.6 Å². The van der Waals surface area contributed by atoms with Crippen LogP contribution in [-0.2, 0) is 16.1 Å². The Morgan fingerprint density at radius 2 is 2.00 bits per heavy atom. The van der Waals surface area contributed by atoms with E-state index in [1.807, 2.05) is 48.7 Å². The van der Waals surface area contributed by atoms with E-state index in [1.54, 1.807) is 6.07 Å². The molecule has 2 unspecified atom stereocenters. The number of methoxy groups -OCH3 is 1. The van der Waals surface area contributed by atoms with E-state index in [2.05, 4.69) is 15.2 Å². The highest BCUT2D eigenvalue weighted by Gasteiger charge is 2.37. The summed E-state index contributed by atoms with van der Waals surface area (Å²) in [5, 5.41) is 3.78. The van der Waals surface area contributed by atoms with Gasteiger partial charge in [-0.1, -0.05) is 17.7 Å². The van der Waals surface area contributed by atoms with E-state index >= 15 is 0 Å². The molecule has 8 nitrogen and oxygen atoms in total. The van der Waals surface area contributed by atoms with Gasteiger partial charge >= 0.3 is 5.97 Å². The molecule has 0 radical (unpaired) electrons. The Morgan fingerprint density at radius 3 is 2.79 bits per heavy atom. The van der Waals surface area contributed by atoms with Gasteiger partial charge in [0.15, 0.2) is 0 Å². The van der Waals surface area contributed by atoms with Crippen LogP contribution in [0, 0.1) is 12.8 Å². The highest BCUT2D eigenvalue weighted by atomic mass is 16.5. The number of aromatic amines is 1. The fraction of sp³-hybridized carbons (Fsp3) is 0.400. The Morgan fingerprint density at radius 1 is 1.18 bits per heavy atom. The zero-order chi connectivity index (χ0) is 23.3. The summed E-state index contributed by atoms with van der Waals surface area (Å²) < 4.78 is 6.82. The van der Waals surface area contributed by atoms with Crippen molar-refractivity contribution in [3.63, 3.8) is 0 Å². The van der Waals surface area contributed by atoms with Crippen LogP contribution in [-0.4, -0.2) is 52.6 Å². The number of aromatic nitrogens is 2. The molecule has 0 spiro atoms. The number of benzene rings is 1. The highest BCUT2D eigenvalue weighted by molar-refractivity contribution is 6.11. The summed E-state index contributed by atoms with van der Waals surface area (Å²) >= 11 is 0. The van der Waals surface area contributed by atoms with Crippen LogP contribution in [0.3, 0.4) is 0 Å². The minimum Gasteiger partial charge on any atom is -0.464 e. The van der Waals surface area contributed by atoms with Gasteiger partial charge in [0.05, 0.1) is 18.8 Å². The third-order valence-corrected chi connectivity index (χ3v) is 7.03. The van der Waals surface area contributed by atoms with E-state index in [1.165, 1.54) is 7.11 Å². The average Bonchev–Trinajstić information content (AvgIpc) is 3.16. The molecule has 3 atom stereocenters. The summed E-state index contributed by atoms with van der Waals surface area (Å²) in [6.07, 6.45) is 1.03. The van der Waals surface area contributed by atoms with Gasteiger partial charge in [-0.25, -0.2) is 4.79 Å². The van der Waals surface area contributed by atoms with Crippen molar-refractivity contribution < 1.29 is 14.3 Å². The zero-order valence-electron chi connectivity index (χ0n) is 19.1. The number of carbonyl (C=O) groups is 2. The summed E-state index contributed by atoms with van der Waals surface area (Å²) in [7, 11) is 1.32. The number of carbonyl (C=O) groups excluding carboxylic acids is 2. The van der Waals surface area contributed by atoms with E-state index in [0.29, 0.717) is 24.7 Å². The predicted molar refractivity (Wildman–Crippen MR) is 126 cm³/mol. The molecular formula is C25H28N4O4. The number of rotatable bonds is 4. The number of hydrogen-bond donors (Lipinski definition) is 2. The van der Waals surface area contributed by atoms with Gasteiger partial charge in [-0.05, 0) is 44.4 Å². The van der Waals surface area contributed by atoms with Crippen LogP contribution in [0.2, 0.25) is 0 Å². The molecule has 1 saturated heterocycles. The monoisotopic (exact) mass is 448 g/mol. The number of esters is 1. The highest BCUT2D eigenvalue weighted by Crippen LogP contribution is 2.36. The number of pyridine rings is 1. The van der Waals surface area contributed by atoms with Crippen LogP contribution in [0.25, 0.3) is 10.9 Å². The fourth-order valence-electron chi connectivity index (χ4n) is 5.33. The zero-order valence-corrected chi connectivity index (χ0v) is 19.1. The lowest BCUT2D eigenvalue weighted by atomic mass is 9.82. The van der Waals surface area contributed by atoms with Gasteiger partial charge in [0.25, 0.3) is 5.56 Å². The minimum absolute atomic E-state index is 0.0476. The molecule has 0 saturated carbocycles. The smallest absolute Gasteiger partial charge is 0.356 e. The lowest BCUT2D eigenvalue weighted by molar-refractivity contribution is -0.121. The lowest BCUT2D eigenvalue weighted by Gasteiger charge is -2.44. The number of anilines is 1. The number of fused-ring (bicyclic) bond motifs is 5. The summed E-state index contributed by atoms with van der Waals surface area (Å²) in [6.45, 7) is 6.01. The Labute approximate surface area is 191 Å². The van der Waals surface area contributed by atoms with Gasteiger partial charge in [-0.3, -0.25) is 14.5 Å². The van der Waals surface area contributed by atoms with Crippen LogP contribution in [0.15, 0.2) is 41.2 Å². The van der Waals surface area contributed by atoms with Crippen LogP contribution >= 0.6 is 0 Å². The van der Waals surface area contributed by atoms with E-state index in [9.17, 15) is 14.4 Å². The fourth-order valence-corrected chi connectivity index (χ4v) is 5.33. The number of nitrogens with zero attached hydrogens (tertiary/aromatic N) is 2. The first kappa shape index (κ1) is 21.5. The Hall–Kier alpha value is -3.39. The van der Waals surface area contributed by atoms with Crippen molar-refractivity contribution in [2.45, 2.75) is 38.8 Å². The Kier molecular flexibility index (Phi) is 5.32. The van der Waals surface area contributed by atoms with Crippen LogP contribution < -0.4 is 10.9 Å². The first-order chi connectivity index (χ1) is 15.9. The van der Waals surface area contributed by atoms with Crippen LogP contribution in [0.4, 0.5) is 5.69 Å². The van der Waals surface area contributed by atoms with E-state index in [-0.39, 0.29) is 23.1 Å². The molecule has 1 aromatic carbocycles. The van der Waals surface area contributed by atoms with Gasteiger partial charge in [0, 0.05) is 48.2 Å². The summed E-state index contributed by atoms with van der Waals surface area (Å²) in [5.74, 6) is -0.148. The molecule has 33 heavy (non-hydrogen) atoms. The number of amides is 1. The average molecular weight is 449 g/mol. The van der Waals surface area contributed by atoms with Gasteiger partial charge in [0.1, 0.15) is 5.69 Å². The second kappa shape index (κ2) is 8.19. The molecule has 0 aliphatic carbocycles. The second-order valence-corrected chi connectivity index (χ2v) is 9.23. The molecule has 1 fully saturated rings. The van der Waals surface area contributed by atoms with Crippen molar-refractivity contribution in [2.75, 3.05) is 25.5 Å². The molecule has 3 aromatic rings. The maximum absolute atomic E-state index is 13.3. The topological polar surface area (TPSA) is 96.4 Å². The van der Waals surface area contributed by atoms with E-state index in [4.69, 9.17) is 4.74 Å². The van der Waals surface area contributed by atoms with Crippen molar-refractivity contribution in [1.82, 2.24) is 14.5 Å². The first-order valence-electron chi connectivity index (χ1n) is 11.3. The van der Waals surface area contributed by atoms with Crippen molar-refractivity contribution in [1.29, 1.82) is 0 Å². The van der Waals surface area contributed by atoms with Gasteiger partial charge in [-0.15, -0.1) is 0 Å². The predicted octanol–water partition coefficient (Wildman–Crippen LogP) is 2.87. The molecule has 5 rings (SSSR count). The first-order valence-corrected chi connectivity index (χ1v) is 11.3. The number of H-pyrrole nitrogens is 1. The molecule has 8 heteroatoms. The standard InChI is InChI=1S/C25H28N4O4/c1-14-7-8-19-18(9-14)22(23(26-19)25(32)33-3)27-24(31)15(2)28-11-16-10-17(13-28)20-5-4-6-21(30)29(20)12-16/h4-9,15-17,26H,10-13H2,1-3H3,(H,27,31)/t15?,16?,17-/m0/s1. The number of ether oxygens (including phenoxy) is 1. The Balaban J connectivity index is 1.40. The quantitative estimate of drug-likeness (QED) is 0.599. The molecule has 2 aliphatic heterocycles. The SMILES string of the molecule is COC(=O)c1[nH]c2ccc(C)cc2c1NC(=O)C(C)N1CC2C[C@@H](C1)c1cccc(=O)n1C2. The summed E-state index contributed by atoms with van der Waals surface area (Å²) in [5.41, 5.74) is 3.58.